The summed E-state index contributed by atoms with van der Waals surface area (Å²) < 4.78 is 0. The molecule has 0 unspecified atom stereocenters. The Kier molecular flexibility index (Phi) is 7.35. The molecule has 2 aromatic rings. The molecule has 0 spiro atoms. The second kappa shape index (κ2) is 10.6. The average molecular weight is 433 g/mol. The molecule has 4 rings (SSSR count). The summed E-state index contributed by atoms with van der Waals surface area (Å²) in [6.45, 7) is 2.26. The monoisotopic (exact) mass is 432 g/mol. The SMILES string of the molecule is O=C(CCC(=O)N1CCN(C(=O)CCCc2ccccc2)CC1)c1ccc2c(c1)CCC2. The van der Waals surface area contributed by atoms with Crippen molar-refractivity contribution < 1.29 is 14.4 Å². The lowest BCUT2D eigenvalue weighted by atomic mass is 10.0. The van der Waals surface area contributed by atoms with Crippen molar-refractivity contribution in [1.82, 2.24) is 9.80 Å². The van der Waals surface area contributed by atoms with Gasteiger partial charge in [-0.1, -0.05) is 42.5 Å². The van der Waals surface area contributed by atoms with Gasteiger partial charge in [0.05, 0.1) is 0 Å². The lowest BCUT2D eigenvalue weighted by Crippen LogP contribution is -2.50. The number of ketones is 1. The number of rotatable bonds is 8. The number of aryl methyl sites for hydroxylation is 3. The molecule has 1 fully saturated rings. The molecule has 0 aromatic heterocycles. The van der Waals surface area contributed by atoms with Crippen LogP contribution in [0.15, 0.2) is 48.5 Å². The van der Waals surface area contributed by atoms with Gasteiger partial charge in [-0.15, -0.1) is 0 Å². The van der Waals surface area contributed by atoms with E-state index < -0.39 is 0 Å². The lowest BCUT2D eigenvalue weighted by molar-refractivity contribution is -0.139. The van der Waals surface area contributed by atoms with Crippen LogP contribution in [-0.2, 0) is 28.9 Å². The third kappa shape index (κ3) is 5.64. The van der Waals surface area contributed by atoms with Gasteiger partial charge in [-0.05, 0) is 54.9 Å². The van der Waals surface area contributed by atoms with E-state index >= 15 is 0 Å². The minimum Gasteiger partial charge on any atom is -0.339 e. The van der Waals surface area contributed by atoms with Crippen LogP contribution in [0.2, 0.25) is 0 Å². The number of nitrogens with zero attached hydrogens (tertiary/aromatic N) is 2. The van der Waals surface area contributed by atoms with Crippen molar-refractivity contribution >= 4 is 17.6 Å². The summed E-state index contributed by atoms with van der Waals surface area (Å²) in [6, 6.07) is 16.2. The average Bonchev–Trinajstić information content (AvgIpc) is 3.31. The van der Waals surface area contributed by atoms with Gasteiger partial charge in [-0.25, -0.2) is 0 Å². The Morgan fingerprint density at radius 3 is 2.09 bits per heavy atom. The molecule has 168 valence electrons. The number of carbonyl (C=O) groups excluding carboxylic acids is 3. The van der Waals surface area contributed by atoms with Gasteiger partial charge >= 0.3 is 0 Å². The third-order valence-corrected chi connectivity index (χ3v) is 6.67. The largest absolute Gasteiger partial charge is 0.339 e. The van der Waals surface area contributed by atoms with Gasteiger partial charge in [-0.2, -0.15) is 0 Å². The molecule has 5 nitrogen and oxygen atoms in total. The van der Waals surface area contributed by atoms with Gasteiger partial charge in [0.1, 0.15) is 0 Å². The van der Waals surface area contributed by atoms with Crippen LogP contribution in [0, 0.1) is 0 Å². The summed E-state index contributed by atoms with van der Waals surface area (Å²) >= 11 is 0. The van der Waals surface area contributed by atoms with Crippen LogP contribution in [0.1, 0.15) is 59.2 Å². The van der Waals surface area contributed by atoms with E-state index in [-0.39, 0.29) is 30.4 Å². The van der Waals surface area contributed by atoms with E-state index in [1.807, 2.05) is 35.2 Å². The molecule has 1 aliphatic heterocycles. The van der Waals surface area contributed by atoms with Crippen molar-refractivity contribution in [2.24, 2.45) is 0 Å². The molecule has 0 radical (unpaired) electrons. The van der Waals surface area contributed by atoms with E-state index in [9.17, 15) is 14.4 Å². The summed E-state index contributed by atoms with van der Waals surface area (Å²) in [5.41, 5.74) is 4.62. The summed E-state index contributed by atoms with van der Waals surface area (Å²) in [5.74, 6) is 0.218. The van der Waals surface area contributed by atoms with E-state index in [4.69, 9.17) is 0 Å². The maximum atomic E-state index is 12.6. The van der Waals surface area contributed by atoms with Crippen molar-refractivity contribution in [3.8, 4) is 0 Å². The summed E-state index contributed by atoms with van der Waals surface area (Å²) in [5, 5.41) is 0. The quantitative estimate of drug-likeness (QED) is 0.596. The van der Waals surface area contributed by atoms with Gasteiger partial charge < -0.3 is 9.80 Å². The third-order valence-electron chi connectivity index (χ3n) is 6.67. The molecule has 1 aliphatic carbocycles. The standard InChI is InChI=1S/C27H32N2O3/c30-25(24-13-12-22-9-5-10-23(22)20-24)14-15-27(32)29-18-16-28(17-19-29)26(31)11-4-8-21-6-2-1-3-7-21/h1-3,6-7,12-13,20H,4-5,8-11,14-19H2. The van der Waals surface area contributed by atoms with Gasteiger partial charge in [0.2, 0.25) is 11.8 Å². The van der Waals surface area contributed by atoms with Crippen molar-refractivity contribution in [1.29, 1.82) is 0 Å². The van der Waals surface area contributed by atoms with Gasteiger partial charge in [0.15, 0.2) is 5.78 Å². The van der Waals surface area contributed by atoms with Gasteiger partial charge in [-0.3, -0.25) is 14.4 Å². The fourth-order valence-electron chi connectivity index (χ4n) is 4.72. The zero-order chi connectivity index (χ0) is 22.3. The second-order valence-corrected chi connectivity index (χ2v) is 8.86. The van der Waals surface area contributed by atoms with Crippen LogP contribution in [0.25, 0.3) is 0 Å². The predicted octanol–water partition coefficient (Wildman–Crippen LogP) is 3.83. The summed E-state index contributed by atoms with van der Waals surface area (Å²) in [4.78, 5) is 41.3. The van der Waals surface area contributed by atoms with Crippen LogP contribution in [0.3, 0.4) is 0 Å². The number of hydrogen-bond acceptors (Lipinski definition) is 3. The Labute approximate surface area is 190 Å². The zero-order valence-corrected chi connectivity index (χ0v) is 18.7. The van der Waals surface area contributed by atoms with E-state index in [0.717, 1.165) is 37.7 Å². The fraction of sp³-hybridized carbons (Fsp3) is 0.444. The molecule has 32 heavy (non-hydrogen) atoms. The van der Waals surface area contributed by atoms with Crippen LogP contribution in [0.4, 0.5) is 0 Å². The maximum Gasteiger partial charge on any atom is 0.223 e. The van der Waals surface area contributed by atoms with Crippen LogP contribution in [0.5, 0.6) is 0 Å². The highest BCUT2D eigenvalue weighted by Gasteiger charge is 2.24. The molecule has 2 aromatic carbocycles. The molecule has 5 heteroatoms. The fourth-order valence-corrected chi connectivity index (χ4v) is 4.72. The first-order valence-electron chi connectivity index (χ1n) is 11.8. The molecule has 2 amide bonds. The highest BCUT2D eigenvalue weighted by Crippen LogP contribution is 2.23. The van der Waals surface area contributed by atoms with E-state index in [2.05, 4.69) is 18.2 Å². The van der Waals surface area contributed by atoms with E-state index in [1.165, 1.54) is 16.7 Å². The number of Topliss-reactive ketones (excluding diaryl/α,β-unsaturated/α-hetero) is 1. The van der Waals surface area contributed by atoms with Crippen LogP contribution >= 0.6 is 0 Å². The number of amides is 2. The zero-order valence-electron chi connectivity index (χ0n) is 18.7. The first kappa shape index (κ1) is 22.3. The smallest absolute Gasteiger partial charge is 0.223 e. The molecular formula is C27H32N2O3. The number of piperazine rings is 1. The molecule has 1 saturated heterocycles. The van der Waals surface area contributed by atoms with Crippen molar-refractivity contribution in [2.75, 3.05) is 26.2 Å². The van der Waals surface area contributed by atoms with E-state index in [0.29, 0.717) is 32.6 Å². The van der Waals surface area contributed by atoms with Crippen molar-refractivity contribution in [3.05, 3.63) is 70.8 Å². The van der Waals surface area contributed by atoms with Crippen molar-refractivity contribution in [2.45, 2.75) is 51.4 Å². The normalized spacial score (nSPS) is 15.5. The Bertz CT molecular complexity index is 962. The van der Waals surface area contributed by atoms with Crippen molar-refractivity contribution in [3.63, 3.8) is 0 Å². The Balaban J connectivity index is 1.16. The molecule has 2 aliphatic rings. The minimum atomic E-state index is 0.00989. The number of carbonyl (C=O) groups is 3. The number of fused-ring (bicyclic) bond motifs is 1. The molecule has 1 heterocycles. The van der Waals surface area contributed by atoms with Gasteiger partial charge in [0, 0.05) is 51.0 Å². The Morgan fingerprint density at radius 2 is 1.38 bits per heavy atom. The second-order valence-electron chi connectivity index (χ2n) is 8.86. The Hall–Kier alpha value is -2.95. The van der Waals surface area contributed by atoms with E-state index in [1.54, 1.807) is 4.90 Å². The summed E-state index contributed by atoms with van der Waals surface area (Å²) in [7, 11) is 0. The first-order valence-corrected chi connectivity index (χ1v) is 11.8. The summed E-state index contributed by atoms with van der Waals surface area (Å²) in [6.07, 6.45) is 6.08. The Morgan fingerprint density at radius 1 is 0.719 bits per heavy atom. The first-order chi connectivity index (χ1) is 15.6. The molecule has 0 atom stereocenters. The molecule has 0 bridgehead atoms. The predicted molar refractivity (Wildman–Crippen MR) is 125 cm³/mol. The topological polar surface area (TPSA) is 57.7 Å². The lowest BCUT2D eigenvalue weighted by Gasteiger charge is -2.35. The number of hydrogen-bond donors (Lipinski definition) is 0. The minimum absolute atomic E-state index is 0.00989. The highest BCUT2D eigenvalue weighted by atomic mass is 16.2. The maximum absolute atomic E-state index is 12.6. The van der Waals surface area contributed by atoms with Crippen LogP contribution in [-0.4, -0.2) is 53.6 Å². The molecular weight excluding hydrogens is 400 g/mol. The highest BCUT2D eigenvalue weighted by molar-refractivity contribution is 5.98. The van der Waals surface area contributed by atoms with Gasteiger partial charge in [0.25, 0.3) is 0 Å². The van der Waals surface area contributed by atoms with Crippen LogP contribution < -0.4 is 0 Å². The number of benzene rings is 2. The molecule has 0 saturated carbocycles. The molecule has 0 N–H and O–H groups in total.